The third-order valence-corrected chi connectivity index (χ3v) is 1.79. The van der Waals surface area contributed by atoms with Crippen LogP contribution in [0.25, 0.3) is 0 Å². The van der Waals surface area contributed by atoms with Crippen molar-refractivity contribution in [3.8, 4) is 5.75 Å². The van der Waals surface area contributed by atoms with Gasteiger partial charge in [-0.15, -0.1) is 0 Å². The fraction of sp³-hybridized carbons (Fsp3) is 0.100. The maximum absolute atomic E-state index is 13.1. The molecular weight excluding hydrogens is 199 g/mol. The third-order valence-electron chi connectivity index (χ3n) is 1.79. The minimum Gasteiger partial charge on any atom is -0.484 e. The van der Waals surface area contributed by atoms with Crippen LogP contribution in [-0.2, 0) is 6.61 Å². The number of nitrogens with zero attached hydrogens (tertiary/aromatic N) is 1. The van der Waals surface area contributed by atoms with Gasteiger partial charge in [-0.05, 0) is 12.1 Å². The zero-order valence-electron chi connectivity index (χ0n) is 7.81. The van der Waals surface area contributed by atoms with Gasteiger partial charge in [0.05, 0.1) is 0 Å². The molecule has 4 nitrogen and oxygen atoms in total. The van der Waals surface area contributed by atoms with Crippen molar-refractivity contribution in [3.05, 3.63) is 41.8 Å². The second-order valence-corrected chi connectivity index (χ2v) is 2.94. The van der Waals surface area contributed by atoms with Crippen molar-refractivity contribution in [2.45, 2.75) is 6.61 Å². The van der Waals surface area contributed by atoms with Crippen LogP contribution in [0.3, 0.4) is 0 Å². The van der Waals surface area contributed by atoms with Gasteiger partial charge in [-0.2, -0.15) is 0 Å². The van der Waals surface area contributed by atoms with Crippen LogP contribution in [0.15, 0.2) is 34.9 Å². The van der Waals surface area contributed by atoms with Crippen LogP contribution in [-0.4, -0.2) is 5.16 Å². The van der Waals surface area contributed by atoms with E-state index in [0.717, 1.165) is 0 Å². The molecule has 2 aromatic rings. The summed E-state index contributed by atoms with van der Waals surface area (Å²) in [6, 6.07) is 7.68. The molecule has 0 saturated heterocycles. The highest BCUT2D eigenvalue weighted by molar-refractivity contribution is 5.26. The fourth-order valence-electron chi connectivity index (χ4n) is 1.11. The lowest BCUT2D eigenvalue weighted by Gasteiger charge is -2.03. The molecule has 1 aromatic carbocycles. The first-order chi connectivity index (χ1) is 7.25. The number of hydrogen-bond acceptors (Lipinski definition) is 4. The maximum atomic E-state index is 13.1. The summed E-state index contributed by atoms with van der Waals surface area (Å²) in [5.41, 5.74) is 5.84. The number of benzene rings is 1. The van der Waals surface area contributed by atoms with Gasteiger partial charge in [0, 0.05) is 6.07 Å². The lowest BCUT2D eigenvalue weighted by Crippen LogP contribution is -1.97. The standard InChI is InChI=1S/C10H9FN2O2/c11-8-3-1-2-4-9(8)14-6-7-5-10(12)15-13-7/h1-5H,6,12H2. The van der Waals surface area contributed by atoms with E-state index in [9.17, 15) is 4.39 Å². The molecule has 2 rings (SSSR count). The SMILES string of the molecule is Nc1cc(COc2ccccc2F)no1. The van der Waals surface area contributed by atoms with E-state index < -0.39 is 5.82 Å². The normalized spacial score (nSPS) is 10.2. The lowest BCUT2D eigenvalue weighted by molar-refractivity contribution is 0.277. The average Bonchev–Trinajstić information content (AvgIpc) is 2.63. The summed E-state index contributed by atoms with van der Waals surface area (Å²) in [4.78, 5) is 0. The van der Waals surface area contributed by atoms with E-state index in [1.165, 1.54) is 12.1 Å². The second kappa shape index (κ2) is 4.00. The third kappa shape index (κ3) is 2.25. The van der Waals surface area contributed by atoms with Gasteiger partial charge in [0.25, 0.3) is 0 Å². The quantitative estimate of drug-likeness (QED) is 0.837. The number of ether oxygens (including phenoxy) is 1. The molecule has 78 valence electrons. The average molecular weight is 208 g/mol. The maximum Gasteiger partial charge on any atom is 0.222 e. The van der Waals surface area contributed by atoms with Gasteiger partial charge in [0.1, 0.15) is 12.3 Å². The molecule has 2 N–H and O–H groups in total. The zero-order chi connectivity index (χ0) is 10.7. The summed E-state index contributed by atoms with van der Waals surface area (Å²) >= 11 is 0. The second-order valence-electron chi connectivity index (χ2n) is 2.94. The molecule has 0 bridgehead atoms. The molecule has 0 aliphatic carbocycles. The van der Waals surface area contributed by atoms with Gasteiger partial charge in [-0.1, -0.05) is 17.3 Å². The van der Waals surface area contributed by atoms with Crippen molar-refractivity contribution in [1.82, 2.24) is 5.16 Å². The molecule has 0 amide bonds. The topological polar surface area (TPSA) is 61.3 Å². The largest absolute Gasteiger partial charge is 0.484 e. The Morgan fingerprint density at radius 2 is 2.20 bits per heavy atom. The zero-order valence-corrected chi connectivity index (χ0v) is 7.81. The van der Waals surface area contributed by atoms with E-state index in [1.54, 1.807) is 18.2 Å². The molecule has 0 aliphatic rings. The van der Waals surface area contributed by atoms with Crippen molar-refractivity contribution in [2.75, 3.05) is 5.73 Å². The molecule has 1 aromatic heterocycles. The van der Waals surface area contributed by atoms with Crippen molar-refractivity contribution in [1.29, 1.82) is 0 Å². The minimum atomic E-state index is -0.408. The molecule has 0 spiro atoms. The number of rotatable bonds is 3. The van der Waals surface area contributed by atoms with Crippen molar-refractivity contribution >= 4 is 5.88 Å². The van der Waals surface area contributed by atoms with Crippen LogP contribution in [0.4, 0.5) is 10.3 Å². The number of hydrogen-bond donors (Lipinski definition) is 1. The molecule has 0 fully saturated rings. The van der Waals surface area contributed by atoms with Crippen LogP contribution in [0.5, 0.6) is 5.75 Å². The highest BCUT2D eigenvalue weighted by Crippen LogP contribution is 2.17. The van der Waals surface area contributed by atoms with Crippen molar-refractivity contribution < 1.29 is 13.7 Å². The minimum absolute atomic E-state index is 0.127. The first-order valence-corrected chi connectivity index (χ1v) is 4.34. The van der Waals surface area contributed by atoms with Gasteiger partial charge < -0.3 is 15.0 Å². The molecule has 15 heavy (non-hydrogen) atoms. The van der Waals surface area contributed by atoms with Gasteiger partial charge >= 0.3 is 0 Å². The number of nitrogen functional groups attached to an aromatic ring is 1. The Bertz CT molecular complexity index is 456. The number of halogens is 1. The Hall–Kier alpha value is -2.04. The number of aromatic nitrogens is 1. The highest BCUT2D eigenvalue weighted by atomic mass is 19.1. The van der Waals surface area contributed by atoms with Gasteiger partial charge in [0.15, 0.2) is 11.6 Å². The Kier molecular flexibility index (Phi) is 2.53. The summed E-state index contributed by atoms with van der Waals surface area (Å²) in [5, 5.41) is 3.61. The van der Waals surface area contributed by atoms with Gasteiger partial charge in [-0.3, -0.25) is 0 Å². The summed E-state index contributed by atoms with van der Waals surface area (Å²) in [5.74, 6) is -0.0184. The first kappa shape index (κ1) is 9.51. The predicted octanol–water partition coefficient (Wildman–Crippen LogP) is 1.97. The molecule has 0 saturated carbocycles. The molecule has 0 atom stereocenters. The Morgan fingerprint density at radius 1 is 1.40 bits per heavy atom. The van der Waals surface area contributed by atoms with Crippen molar-refractivity contribution in [3.63, 3.8) is 0 Å². The van der Waals surface area contributed by atoms with E-state index in [2.05, 4.69) is 9.68 Å². The molecule has 5 heteroatoms. The van der Waals surface area contributed by atoms with Crippen LogP contribution in [0.1, 0.15) is 5.69 Å². The van der Waals surface area contributed by atoms with Crippen molar-refractivity contribution in [2.24, 2.45) is 0 Å². The van der Waals surface area contributed by atoms with E-state index in [4.69, 9.17) is 10.5 Å². The molecule has 0 unspecified atom stereocenters. The Morgan fingerprint density at radius 3 is 2.87 bits per heavy atom. The van der Waals surface area contributed by atoms with E-state index >= 15 is 0 Å². The number of nitrogens with two attached hydrogens (primary N) is 1. The van der Waals surface area contributed by atoms with E-state index in [0.29, 0.717) is 5.69 Å². The molecule has 0 radical (unpaired) electrons. The van der Waals surface area contributed by atoms with Crippen LogP contribution < -0.4 is 10.5 Å². The summed E-state index contributed by atoms with van der Waals surface area (Å²) in [7, 11) is 0. The van der Waals surface area contributed by atoms with Crippen LogP contribution in [0.2, 0.25) is 0 Å². The summed E-state index contributed by atoms with van der Waals surface area (Å²) < 4.78 is 22.9. The Balaban J connectivity index is 2.02. The van der Waals surface area contributed by atoms with E-state index in [1.807, 2.05) is 0 Å². The number of anilines is 1. The van der Waals surface area contributed by atoms with Crippen LogP contribution in [0, 0.1) is 5.82 Å². The summed E-state index contributed by atoms with van der Waals surface area (Å²) in [6.07, 6.45) is 0. The highest BCUT2D eigenvalue weighted by Gasteiger charge is 2.04. The first-order valence-electron chi connectivity index (χ1n) is 4.34. The number of para-hydroxylation sites is 1. The monoisotopic (exact) mass is 208 g/mol. The van der Waals surface area contributed by atoms with Gasteiger partial charge in [0.2, 0.25) is 5.88 Å². The predicted molar refractivity (Wildman–Crippen MR) is 51.6 cm³/mol. The van der Waals surface area contributed by atoms with E-state index in [-0.39, 0.29) is 18.2 Å². The van der Waals surface area contributed by atoms with Crippen LogP contribution >= 0.6 is 0 Å². The van der Waals surface area contributed by atoms with Gasteiger partial charge in [-0.25, -0.2) is 4.39 Å². The molecule has 1 heterocycles. The fourth-order valence-corrected chi connectivity index (χ4v) is 1.11. The smallest absolute Gasteiger partial charge is 0.222 e. The Labute approximate surface area is 85.4 Å². The summed E-state index contributed by atoms with van der Waals surface area (Å²) in [6.45, 7) is 0.127. The molecule has 0 aliphatic heterocycles. The lowest BCUT2D eigenvalue weighted by atomic mass is 10.3. The molecular formula is C10H9FN2O2.